The Bertz CT molecular complexity index is 1260. The van der Waals surface area contributed by atoms with Gasteiger partial charge in [-0.25, -0.2) is 13.4 Å². The standard InChI is InChI=1S/C25H36IN7O6S/c1-17(35)15-33(16-18(2)36)10-13-40(37,38)21-6-4-20(5-7-21)31-32-23-19(3)22(14-27)24(29-9-12-39-26)30-25(23)28-8-11-34/h4-7,17-18,34-36H,8-13,15-16H2,1-3H3,(H2,28,29,30)/b32-31+. The van der Waals surface area contributed by atoms with Gasteiger partial charge in [-0.3, -0.25) is 4.90 Å². The number of hydrogen-bond acceptors (Lipinski definition) is 13. The van der Waals surface area contributed by atoms with Crippen LogP contribution in [0.4, 0.5) is 23.0 Å². The number of anilines is 2. The summed E-state index contributed by atoms with van der Waals surface area (Å²) in [5.41, 5.74) is 1.52. The molecule has 2 rings (SSSR count). The van der Waals surface area contributed by atoms with E-state index in [-0.39, 0.29) is 43.4 Å². The molecular weight excluding hydrogens is 653 g/mol. The number of nitrogens with zero attached hydrogens (tertiary/aromatic N) is 5. The molecule has 0 fully saturated rings. The van der Waals surface area contributed by atoms with Gasteiger partial charge in [0.15, 0.2) is 15.7 Å². The fraction of sp³-hybridized carbons (Fsp3) is 0.520. The second-order valence-electron chi connectivity index (χ2n) is 9.13. The number of azo groups is 1. The Hall–Kier alpha value is -2.46. The molecule has 15 heteroatoms. The molecule has 220 valence electrons. The molecule has 0 saturated carbocycles. The molecular formula is C25H36IN7O6S. The molecule has 1 heterocycles. The van der Waals surface area contributed by atoms with Gasteiger partial charge in [0.25, 0.3) is 0 Å². The van der Waals surface area contributed by atoms with E-state index in [1.807, 2.05) is 0 Å². The topological polar surface area (TPSA) is 193 Å². The Labute approximate surface area is 248 Å². The highest BCUT2D eigenvalue weighted by atomic mass is 127. The van der Waals surface area contributed by atoms with Crippen LogP contribution in [0.1, 0.15) is 25.0 Å². The molecule has 1 aromatic carbocycles. The van der Waals surface area contributed by atoms with E-state index in [1.54, 1.807) is 48.7 Å². The normalized spacial score (nSPS) is 13.4. The zero-order valence-corrected chi connectivity index (χ0v) is 25.7. The Morgan fingerprint density at radius 2 is 1.73 bits per heavy atom. The van der Waals surface area contributed by atoms with Crippen LogP contribution >= 0.6 is 23.0 Å². The number of sulfone groups is 1. The van der Waals surface area contributed by atoms with Crippen LogP contribution in [0.3, 0.4) is 0 Å². The van der Waals surface area contributed by atoms with Crippen LogP contribution < -0.4 is 10.6 Å². The zero-order valence-electron chi connectivity index (χ0n) is 22.7. The number of halogens is 1. The average molecular weight is 690 g/mol. The zero-order chi connectivity index (χ0) is 29.7. The fourth-order valence-corrected chi connectivity index (χ4v) is 5.29. The van der Waals surface area contributed by atoms with Crippen molar-refractivity contribution in [1.82, 2.24) is 9.88 Å². The average Bonchev–Trinajstić information content (AvgIpc) is 2.90. The SMILES string of the molecule is Cc1c(C#N)c(NCCOI)nc(NCCO)c1/N=N/c1ccc(S(=O)(=O)CCN(CC(C)O)CC(C)O)cc1. The van der Waals surface area contributed by atoms with E-state index in [4.69, 9.17) is 3.07 Å². The summed E-state index contributed by atoms with van der Waals surface area (Å²) in [6, 6.07) is 8.06. The van der Waals surface area contributed by atoms with E-state index in [2.05, 4.69) is 31.9 Å². The van der Waals surface area contributed by atoms with Crippen molar-refractivity contribution in [2.75, 3.05) is 62.3 Å². The van der Waals surface area contributed by atoms with Gasteiger partial charge in [-0.15, -0.1) is 5.11 Å². The van der Waals surface area contributed by atoms with E-state index in [1.165, 1.54) is 24.3 Å². The van der Waals surface area contributed by atoms with Gasteiger partial charge < -0.3 is 29.0 Å². The van der Waals surface area contributed by atoms with Crippen molar-refractivity contribution >= 4 is 55.9 Å². The summed E-state index contributed by atoms with van der Waals surface area (Å²) >= 11 is 1.78. The molecule has 2 unspecified atom stereocenters. The molecule has 5 N–H and O–H groups in total. The molecule has 0 aliphatic heterocycles. The molecule has 0 bridgehead atoms. The highest BCUT2D eigenvalue weighted by Crippen LogP contribution is 2.34. The van der Waals surface area contributed by atoms with Crippen molar-refractivity contribution in [3.8, 4) is 6.07 Å². The molecule has 40 heavy (non-hydrogen) atoms. The smallest absolute Gasteiger partial charge is 0.179 e. The van der Waals surface area contributed by atoms with Crippen LogP contribution in [0.5, 0.6) is 0 Å². The first kappa shape index (κ1) is 33.7. The number of aromatic nitrogens is 1. The molecule has 2 atom stereocenters. The van der Waals surface area contributed by atoms with Gasteiger partial charge in [0, 0.05) is 38.3 Å². The van der Waals surface area contributed by atoms with Crippen LogP contribution in [0.25, 0.3) is 0 Å². The summed E-state index contributed by atoms with van der Waals surface area (Å²) in [5.74, 6) is 0.493. The first-order chi connectivity index (χ1) is 19.0. The van der Waals surface area contributed by atoms with E-state index >= 15 is 0 Å². The van der Waals surface area contributed by atoms with E-state index in [9.17, 15) is 29.0 Å². The number of rotatable bonds is 17. The maximum atomic E-state index is 12.9. The minimum Gasteiger partial charge on any atom is -0.395 e. The third-order valence-electron chi connectivity index (χ3n) is 5.59. The van der Waals surface area contributed by atoms with Gasteiger partial charge in [-0.2, -0.15) is 10.4 Å². The van der Waals surface area contributed by atoms with Gasteiger partial charge in [0.05, 0.1) is 47.3 Å². The summed E-state index contributed by atoms with van der Waals surface area (Å²) in [7, 11) is -3.63. The predicted molar refractivity (Wildman–Crippen MR) is 160 cm³/mol. The lowest BCUT2D eigenvalue weighted by atomic mass is 10.1. The summed E-state index contributed by atoms with van der Waals surface area (Å²) in [4.78, 5) is 6.28. The Morgan fingerprint density at radius 1 is 1.10 bits per heavy atom. The van der Waals surface area contributed by atoms with Crippen LogP contribution in [-0.4, -0.2) is 97.5 Å². The van der Waals surface area contributed by atoms with E-state index in [0.29, 0.717) is 47.3 Å². The lowest BCUT2D eigenvalue weighted by Gasteiger charge is -2.24. The minimum atomic E-state index is -3.63. The quantitative estimate of drug-likeness (QED) is 0.0932. The molecule has 1 aromatic heterocycles. The summed E-state index contributed by atoms with van der Waals surface area (Å²) < 4.78 is 30.8. The number of pyridine rings is 1. The fourth-order valence-electron chi connectivity index (χ4n) is 3.79. The summed E-state index contributed by atoms with van der Waals surface area (Å²) in [5, 5.41) is 52.9. The summed E-state index contributed by atoms with van der Waals surface area (Å²) in [6.07, 6.45) is -1.31. The van der Waals surface area contributed by atoms with Crippen LogP contribution in [0.15, 0.2) is 39.4 Å². The van der Waals surface area contributed by atoms with Crippen molar-refractivity contribution in [3.63, 3.8) is 0 Å². The number of hydrogen-bond donors (Lipinski definition) is 5. The third kappa shape index (κ3) is 10.5. The number of aliphatic hydroxyl groups is 3. The van der Waals surface area contributed by atoms with Gasteiger partial charge in [-0.1, -0.05) is 0 Å². The molecule has 13 nitrogen and oxygen atoms in total. The van der Waals surface area contributed by atoms with Gasteiger partial charge in [-0.05, 0) is 45.0 Å². The first-order valence-corrected chi connectivity index (χ1v) is 15.2. The number of nitrogens with one attached hydrogen (secondary N) is 2. The number of aliphatic hydroxyl groups excluding tert-OH is 3. The third-order valence-corrected chi connectivity index (χ3v) is 7.74. The van der Waals surface area contributed by atoms with Crippen molar-refractivity contribution in [2.24, 2.45) is 10.2 Å². The molecule has 0 spiro atoms. The van der Waals surface area contributed by atoms with Gasteiger partial charge >= 0.3 is 0 Å². The Morgan fingerprint density at radius 3 is 2.27 bits per heavy atom. The maximum absolute atomic E-state index is 12.9. The van der Waals surface area contributed by atoms with Crippen LogP contribution in [-0.2, 0) is 12.9 Å². The second-order valence-corrected chi connectivity index (χ2v) is 11.9. The van der Waals surface area contributed by atoms with Crippen molar-refractivity contribution in [2.45, 2.75) is 37.9 Å². The van der Waals surface area contributed by atoms with E-state index in [0.717, 1.165) is 0 Å². The monoisotopic (exact) mass is 689 g/mol. The first-order valence-electron chi connectivity index (χ1n) is 12.6. The Kier molecular flexibility index (Phi) is 14.1. The van der Waals surface area contributed by atoms with Crippen molar-refractivity contribution < 1.29 is 26.8 Å². The van der Waals surface area contributed by atoms with Crippen LogP contribution in [0, 0.1) is 18.3 Å². The lowest BCUT2D eigenvalue weighted by Crippen LogP contribution is -2.39. The highest BCUT2D eigenvalue weighted by molar-refractivity contribution is 14.1. The largest absolute Gasteiger partial charge is 0.395 e. The molecule has 0 aliphatic rings. The van der Waals surface area contributed by atoms with Crippen molar-refractivity contribution in [3.05, 3.63) is 35.4 Å². The van der Waals surface area contributed by atoms with Gasteiger partial charge in [0.2, 0.25) is 0 Å². The molecule has 2 aromatic rings. The lowest BCUT2D eigenvalue weighted by molar-refractivity contribution is 0.0873. The maximum Gasteiger partial charge on any atom is 0.179 e. The van der Waals surface area contributed by atoms with Crippen LogP contribution in [0.2, 0.25) is 0 Å². The minimum absolute atomic E-state index is 0.112. The molecule has 0 amide bonds. The van der Waals surface area contributed by atoms with Gasteiger partial charge in [0.1, 0.15) is 40.6 Å². The molecule has 0 saturated heterocycles. The predicted octanol–water partition coefficient (Wildman–Crippen LogP) is 2.70. The second kappa shape index (κ2) is 16.7. The number of nitriles is 1. The Balaban J connectivity index is 2.26. The molecule has 0 aliphatic carbocycles. The summed E-state index contributed by atoms with van der Waals surface area (Å²) in [6.45, 7) is 6.48. The van der Waals surface area contributed by atoms with E-state index < -0.39 is 22.0 Å². The molecule has 0 radical (unpaired) electrons. The van der Waals surface area contributed by atoms with Crippen molar-refractivity contribution in [1.29, 1.82) is 5.26 Å². The number of benzene rings is 1. The highest BCUT2D eigenvalue weighted by Gasteiger charge is 2.20.